The Morgan fingerprint density at radius 2 is 0.547 bits per heavy atom. The molecule has 0 saturated carbocycles. The van der Waals surface area contributed by atoms with Gasteiger partial charge in [0.1, 0.15) is 13.2 Å². The van der Waals surface area contributed by atoms with Crippen LogP contribution in [0.1, 0.15) is 290 Å². The largest absolute Gasteiger partial charge is 0.462 e. The molecule has 428 valence electrons. The summed E-state index contributed by atoms with van der Waals surface area (Å²) in [6.07, 6.45) is 85.3. The van der Waals surface area contributed by atoms with E-state index in [2.05, 4.69) is 130 Å². The number of allylic oxidation sites excluding steroid dienone is 18. The van der Waals surface area contributed by atoms with Crippen LogP contribution in [0.15, 0.2) is 109 Å². The Hall–Kier alpha value is -3.93. The Kier molecular flexibility index (Phi) is 59.3. The van der Waals surface area contributed by atoms with Crippen molar-refractivity contribution in [2.45, 2.75) is 297 Å². The van der Waals surface area contributed by atoms with Crippen LogP contribution < -0.4 is 0 Å². The van der Waals surface area contributed by atoms with Gasteiger partial charge in [0, 0.05) is 19.3 Å². The summed E-state index contributed by atoms with van der Waals surface area (Å²) in [6.45, 7) is 6.45. The van der Waals surface area contributed by atoms with E-state index in [1.807, 2.05) is 0 Å². The molecular weight excluding hydrogens is 925 g/mol. The first-order valence-electron chi connectivity index (χ1n) is 31.4. The van der Waals surface area contributed by atoms with Crippen molar-refractivity contribution < 1.29 is 28.6 Å². The molecule has 0 radical (unpaired) electrons. The predicted molar refractivity (Wildman–Crippen MR) is 325 cm³/mol. The standard InChI is InChI=1S/C69H116O6/c1-4-7-10-13-16-19-22-24-26-28-29-30-31-32-33-34-35-36-37-38-39-40-41-42-44-45-47-50-53-56-59-62-68(71)74-65-66(64-73-67(70)61-58-55-52-49-21-18-15-12-9-6-3)75-69(72)63-60-57-54-51-48-46-43-27-25-23-20-17-14-11-8-5-2/h7,10,12,15-16,19,24,26-27,29-30,32-33,35-36,38-39,43,66H,4-6,8-9,11,13-14,17-18,20-23,25,28,31,34,37,40-42,44-65H2,1-3H3/b10-7-,15-12-,19-16-,26-24-,30-29-,33-32-,36-35-,39-38-,43-27-. The second-order valence-corrected chi connectivity index (χ2v) is 20.6. The van der Waals surface area contributed by atoms with Gasteiger partial charge in [0.05, 0.1) is 0 Å². The quantitative estimate of drug-likeness (QED) is 0.0261. The normalized spacial score (nSPS) is 12.8. The van der Waals surface area contributed by atoms with Crippen LogP contribution in [0.3, 0.4) is 0 Å². The third-order valence-electron chi connectivity index (χ3n) is 13.2. The fourth-order valence-corrected chi connectivity index (χ4v) is 8.54. The zero-order valence-electron chi connectivity index (χ0n) is 49.0. The van der Waals surface area contributed by atoms with Crippen LogP contribution in [0.4, 0.5) is 0 Å². The average molecular weight is 1040 g/mol. The van der Waals surface area contributed by atoms with Gasteiger partial charge in [-0.15, -0.1) is 0 Å². The Morgan fingerprint density at radius 3 is 0.880 bits per heavy atom. The van der Waals surface area contributed by atoms with Crippen molar-refractivity contribution in [3.63, 3.8) is 0 Å². The highest BCUT2D eigenvalue weighted by molar-refractivity contribution is 5.71. The maximum Gasteiger partial charge on any atom is 0.306 e. The van der Waals surface area contributed by atoms with Gasteiger partial charge < -0.3 is 14.2 Å². The molecule has 0 heterocycles. The molecule has 0 amide bonds. The topological polar surface area (TPSA) is 78.9 Å². The van der Waals surface area contributed by atoms with Crippen molar-refractivity contribution in [3.8, 4) is 0 Å². The van der Waals surface area contributed by atoms with Gasteiger partial charge in [0.25, 0.3) is 0 Å². The van der Waals surface area contributed by atoms with Gasteiger partial charge in [-0.25, -0.2) is 0 Å². The summed E-state index contributed by atoms with van der Waals surface area (Å²) in [5.74, 6) is -0.908. The number of rotatable bonds is 56. The number of ether oxygens (including phenoxy) is 3. The van der Waals surface area contributed by atoms with Crippen molar-refractivity contribution in [1.82, 2.24) is 0 Å². The number of esters is 3. The fraction of sp³-hybridized carbons (Fsp3) is 0.696. The molecule has 0 bridgehead atoms. The van der Waals surface area contributed by atoms with Gasteiger partial charge in [-0.1, -0.05) is 259 Å². The third kappa shape index (κ3) is 60.8. The van der Waals surface area contributed by atoms with Crippen LogP contribution in [0.2, 0.25) is 0 Å². The lowest BCUT2D eigenvalue weighted by atomic mass is 10.1. The lowest BCUT2D eigenvalue weighted by Crippen LogP contribution is -2.30. The second-order valence-electron chi connectivity index (χ2n) is 20.6. The molecule has 0 aromatic rings. The zero-order chi connectivity index (χ0) is 54.3. The Bertz CT molecular complexity index is 1520. The minimum atomic E-state index is -0.789. The number of hydrogen-bond acceptors (Lipinski definition) is 6. The Labute approximate surface area is 463 Å². The molecule has 0 aliphatic heterocycles. The second kappa shape index (κ2) is 62.6. The van der Waals surface area contributed by atoms with Gasteiger partial charge in [0.2, 0.25) is 0 Å². The molecule has 0 aromatic carbocycles. The van der Waals surface area contributed by atoms with Gasteiger partial charge in [-0.05, 0) is 122 Å². The van der Waals surface area contributed by atoms with E-state index in [0.717, 1.165) is 135 Å². The van der Waals surface area contributed by atoms with Gasteiger partial charge in [0.15, 0.2) is 6.10 Å². The van der Waals surface area contributed by atoms with Crippen LogP contribution >= 0.6 is 0 Å². The van der Waals surface area contributed by atoms with Crippen LogP contribution in [0.5, 0.6) is 0 Å². The third-order valence-corrected chi connectivity index (χ3v) is 13.2. The molecule has 1 atom stereocenters. The highest BCUT2D eigenvalue weighted by Gasteiger charge is 2.19. The Balaban J connectivity index is 4.23. The highest BCUT2D eigenvalue weighted by Crippen LogP contribution is 2.15. The molecule has 0 rings (SSSR count). The molecule has 1 unspecified atom stereocenters. The van der Waals surface area contributed by atoms with E-state index in [-0.39, 0.29) is 31.1 Å². The van der Waals surface area contributed by atoms with E-state index in [4.69, 9.17) is 14.2 Å². The van der Waals surface area contributed by atoms with Gasteiger partial charge in [-0.2, -0.15) is 0 Å². The molecule has 0 fully saturated rings. The molecule has 0 aromatic heterocycles. The molecule has 0 N–H and O–H groups in total. The summed E-state index contributed by atoms with van der Waals surface area (Å²) in [7, 11) is 0. The van der Waals surface area contributed by atoms with Crippen molar-refractivity contribution in [2.75, 3.05) is 13.2 Å². The fourth-order valence-electron chi connectivity index (χ4n) is 8.54. The summed E-state index contributed by atoms with van der Waals surface area (Å²) in [5.41, 5.74) is 0. The summed E-state index contributed by atoms with van der Waals surface area (Å²) in [4.78, 5) is 38.1. The van der Waals surface area contributed by atoms with Crippen molar-refractivity contribution in [1.29, 1.82) is 0 Å². The van der Waals surface area contributed by atoms with Crippen LogP contribution in [0.25, 0.3) is 0 Å². The van der Waals surface area contributed by atoms with E-state index >= 15 is 0 Å². The zero-order valence-corrected chi connectivity index (χ0v) is 49.0. The summed E-state index contributed by atoms with van der Waals surface area (Å²) >= 11 is 0. The molecular formula is C69H116O6. The minimum absolute atomic E-state index is 0.0870. The Morgan fingerprint density at radius 1 is 0.280 bits per heavy atom. The molecule has 0 aliphatic carbocycles. The molecule has 0 spiro atoms. The summed E-state index contributed by atoms with van der Waals surface area (Å²) < 4.78 is 16.8. The number of unbranched alkanes of at least 4 members (excludes halogenated alkanes) is 27. The first-order valence-corrected chi connectivity index (χ1v) is 31.4. The molecule has 75 heavy (non-hydrogen) atoms. The van der Waals surface area contributed by atoms with Crippen LogP contribution in [0, 0.1) is 0 Å². The lowest BCUT2D eigenvalue weighted by molar-refractivity contribution is -0.167. The number of carbonyl (C=O) groups is 3. The lowest BCUT2D eigenvalue weighted by Gasteiger charge is -2.18. The maximum absolute atomic E-state index is 12.9. The first kappa shape index (κ1) is 71.1. The predicted octanol–water partition coefficient (Wildman–Crippen LogP) is 21.4. The molecule has 0 aliphatic rings. The monoisotopic (exact) mass is 1040 g/mol. The van der Waals surface area contributed by atoms with Gasteiger partial charge >= 0.3 is 17.9 Å². The molecule has 0 saturated heterocycles. The maximum atomic E-state index is 12.9. The minimum Gasteiger partial charge on any atom is -0.462 e. The smallest absolute Gasteiger partial charge is 0.306 e. The van der Waals surface area contributed by atoms with E-state index < -0.39 is 6.10 Å². The van der Waals surface area contributed by atoms with Crippen LogP contribution in [-0.4, -0.2) is 37.2 Å². The number of hydrogen-bond donors (Lipinski definition) is 0. The average Bonchev–Trinajstić information content (AvgIpc) is 3.41. The van der Waals surface area contributed by atoms with E-state index in [1.165, 1.54) is 116 Å². The van der Waals surface area contributed by atoms with Crippen molar-refractivity contribution in [3.05, 3.63) is 109 Å². The van der Waals surface area contributed by atoms with Gasteiger partial charge in [-0.3, -0.25) is 14.4 Å². The van der Waals surface area contributed by atoms with Crippen LogP contribution in [-0.2, 0) is 28.6 Å². The van der Waals surface area contributed by atoms with Crippen molar-refractivity contribution in [2.24, 2.45) is 0 Å². The molecule has 6 nitrogen and oxygen atoms in total. The van der Waals surface area contributed by atoms with Crippen molar-refractivity contribution >= 4 is 17.9 Å². The summed E-state index contributed by atoms with van der Waals surface area (Å²) in [5, 5.41) is 0. The SMILES string of the molecule is CC/C=C\C/C=C\C/C=C\C/C=C\C/C=C\C/C=C\C/C=C\CCCCCCCCCCCC(=O)OCC(COC(=O)CCCCCCC/C=C\CCC)OC(=O)CCCCCCC/C=C\CCCCCCCCC. The van der Waals surface area contributed by atoms with E-state index in [9.17, 15) is 14.4 Å². The summed E-state index contributed by atoms with van der Waals surface area (Å²) in [6, 6.07) is 0. The first-order chi connectivity index (χ1) is 37.0. The van der Waals surface area contributed by atoms with E-state index in [1.54, 1.807) is 0 Å². The van der Waals surface area contributed by atoms with E-state index in [0.29, 0.717) is 19.3 Å². The number of carbonyl (C=O) groups excluding carboxylic acids is 3. The molecule has 6 heteroatoms. The highest BCUT2D eigenvalue weighted by atomic mass is 16.6.